The SMILES string of the molecule is C1CCCCC1.C1CCCCC1.CC.CC.CC.CC1CCCCC1.CF.F.O.O.[HH]. The highest BCUT2D eigenvalue weighted by atomic mass is 19.1. The van der Waals surface area contributed by atoms with Gasteiger partial charge in [0.05, 0.1) is 7.18 Å². The molecule has 3 aliphatic carbocycles. The minimum atomic E-state index is 0. The van der Waals surface area contributed by atoms with Gasteiger partial charge in [-0.3, -0.25) is 9.09 Å². The van der Waals surface area contributed by atoms with Gasteiger partial charge in [-0.2, -0.15) is 0 Å². The van der Waals surface area contributed by atoms with Gasteiger partial charge >= 0.3 is 0 Å². The smallest absolute Gasteiger partial charge is 0.0785 e. The summed E-state index contributed by atoms with van der Waals surface area (Å²) in [7, 11) is 0.500. The Labute approximate surface area is 192 Å². The van der Waals surface area contributed by atoms with E-state index in [0.717, 1.165) is 5.92 Å². The Morgan fingerprint density at radius 1 is 0.433 bits per heavy atom. The molecule has 0 aromatic heterocycles. The number of alkyl halides is 1. The molecule has 0 amide bonds. The highest BCUT2D eigenvalue weighted by Gasteiger charge is 2.05. The minimum absolute atomic E-state index is 0. The number of rotatable bonds is 0. The summed E-state index contributed by atoms with van der Waals surface area (Å²) < 4.78 is 9.50. The van der Waals surface area contributed by atoms with Crippen molar-refractivity contribution in [3.8, 4) is 0 Å². The molecular formula is C26H66F2O2. The number of hydrogen-bond donors (Lipinski definition) is 0. The molecule has 3 saturated carbocycles. The Morgan fingerprint density at radius 2 is 0.567 bits per heavy atom. The zero-order valence-corrected chi connectivity index (χ0v) is 22.4. The summed E-state index contributed by atoms with van der Waals surface area (Å²) in [5, 5.41) is 0. The zero-order valence-electron chi connectivity index (χ0n) is 22.4. The van der Waals surface area contributed by atoms with Crippen molar-refractivity contribution < 1.29 is 21.5 Å². The normalized spacial score (nSPS) is 16.3. The lowest BCUT2D eigenvalue weighted by Gasteiger charge is -2.15. The third kappa shape index (κ3) is 50.9. The Hall–Kier alpha value is -0.220. The quantitative estimate of drug-likeness (QED) is 0.354. The van der Waals surface area contributed by atoms with Crippen molar-refractivity contribution in [1.29, 1.82) is 0 Å². The third-order valence-corrected chi connectivity index (χ3v) is 4.89. The average molecular weight is 449 g/mol. The van der Waals surface area contributed by atoms with E-state index in [1.807, 2.05) is 41.5 Å². The van der Waals surface area contributed by atoms with Gasteiger partial charge in [-0.25, -0.2) is 0 Å². The second kappa shape index (κ2) is 56.8. The zero-order chi connectivity index (χ0) is 21.6. The van der Waals surface area contributed by atoms with Crippen LogP contribution in [0.4, 0.5) is 9.09 Å². The third-order valence-electron chi connectivity index (χ3n) is 4.89. The standard InChI is InChI=1S/C7H14.2C6H12.3C2H6.CH3F.FH.2H2O.H2/c1-7-5-3-2-4-6-7;2*1-2-4-6-5-3-1;4*1-2;;;;/h7H,2-6H2,1H3;2*1-6H2;3*1-2H3;1H3;1H;2*1H2;1H. The predicted molar refractivity (Wildman–Crippen MR) is 141 cm³/mol. The summed E-state index contributed by atoms with van der Waals surface area (Å²) in [4.78, 5) is 0. The Balaban J connectivity index is -0.0000000349. The van der Waals surface area contributed by atoms with E-state index in [9.17, 15) is 4.39 Å². The van der Waals surface area contributed by atoms with Gasteiger partial charge in [-0.1, -0.05) is 158 Å². The molecule has 3 rings (SSSR count). The van der Waals surface area contributed by atoms with Crippen molar-refractivity contribution in [3.63, 3.8) is 0 Å². The fourth-order valence-electron chi connectivity index (χ4n) is 3.43. The van der Waals surface area contributed by atoms with Crippen LogP contribution in [-0.4, -0.2) is 18.1 Å². The van der Waals surface area contributed by atoms with Gasteiger partial charge in [0.25, 0.3) is 0 Å². The van der Waals surface area contributed by atoms with Crippen LogP contribution in [0.1, 0.15) is 159 Å². The molecule has 4 N–H and O–H groups in total. The fraction of sp³-hybridized carbons (Fsp3) is 1.00. The molecule has 30 heavy (non-hydrogen) atoms. The second-order valence-corrected chi connectivity index (χ2v) is 6.99. The molecule has 3 aliphatic rings. The first kappa shape index (κ1) is 47.5. The van der Waals surface area contributed by atoms with Gasteiger partial charge in [-0.05, 0) is 5.92 Å². The first-order chi connectivity index (χ1) is 13.4. The Bertz CT molecular complexity index is 151. The molecule has 0 bridgehead atoms. The maximum atomic E-state index is 9.50. The van der Waals surface area contributed by atoms with Crippen LogP contribution in [0.2, 0.25) is 0 Å². The van der Waals surface area contributed by atoms with Crippen molar-refractivity contribution in [2.24, 2.45) is 5.92 Å². The topological polar surface area (TPSA) is 63.0 Å². The summed E-state index contributed by atoms with van der Waals surface area (Å²) in [6.07, 6.45) is 25.4. The van der Waals surface area contributed by atoms with E-state index < -0.39 is 0 Å². The van der Waals surface area contributed by atoms with Crippen molar-refractivity contribution >= 4 is 0 Å². The van der Waals surface area contributed by atoms with E-state index in [1.54, 1.807) is 0 Å². The van der Waals surface area contributed by atoms with Gasteiger partial charge in [0.2, 0.25) is 0 Å². The van der Waals surface area contributed by atoms with E-state index in [-0.39, 0.29) is 17.1 Å². The summed E-state index contributed by atoms with van der Waals surface area (Å²) in [5.74, 6) is 1.04. The highest BCUT2D eigenvalue weighted by Crippen LogP contribution is 2.22. The first-order valence-corrected chi connectivity index (χ1v) is 12.8. The lowest BCUT2D eigenvalue weighted by Crippen LogP contribution is -1.99. The van der Waals surface area contributed by atoms with Crippen LogP contribution in [0.3, 0.4) is 0 Å². The van der Waals surface area contributed by atoms with Gasteiger partial charge in [-0.15, -0.1) is 0 Å². The lowest BCUT2D eigenvalue weighted by molar-refractivity contribution is 0.385. The fourth-order valence-corrected chi connectivity index (χ4v) is 3.43. The van der Waals surface area contributed by atoms with Crippen LogP contribution in [0.25, 0.3) is 0 Å². The Kier molecular flexibility index (Phi) is 89.9. The molecule has 0 unspecified atom stereocenters. The Morgan fingerprint density at radius 3 is 0.667 bits per heavy atom. The van der Waals surface area contributed by atoms with Gasteiger partial charge < -0.3 is 11.0 Å². The summed E-state index contributed by atoms with van der Waals surface area (Å²) in [6.45, 7) is 14.4. The van der Waals surface area contributed by atoms with Crippen molar-refractivity contribution in [1.82, 2.24) is 0 Å². The molecular weight excluding hydrogens is 382 g/mol. The summed E-state index contributed by atoms with van der Waals surface area (Å²) in [6, 6.07) is 0. The number of halogens is 2. The maximum Gasteiger partial charge on any atom is 0.0785 e. The summed E-state index contributed by atoms with van der Waals surface area (Å²) in [5.41, 5.74) is 0. The molecule has 0 saturated heterocycles. The van der Waals surface area contributed by atoms with Crippen LogP contribution in [0.15, 0.2) is 0 Å². The average Bonchev–Trinajstić information content (AvgIpc) is 2.83. The lowest BCUT2D eigenvalue weighted by atomic mass is 9.91. The highest BCUT2D eigenvalue weighted by molar-refractivity contribution is 4.59. The van der Waals surface area contributed by atoms with E-state index in [2.05, 4.69) is 6.92 Å². The molecule has 0 aliphatic heterocycles. The maximum absolute atomic E-state index is 9.50. The van der Waals surface area contributed by atoms with Crippen LogP contribution < -0.4 is 0 Å². The molecule has 0 radical (unpaired) electrons. The van der Waals surface area contributed by atoms with Crippen molar-refractivity contribution in [3.05, 3.63) is 0 Å². The van der Waals surface area contributed by atoms with Gasteiger partial charge in [0, 0.05) is 1.43 Å². The number of hydrogen-bond acceptors (Lipinski definition) is 0. The molecule has 4 heteroatoms. The van der Waals surface area contributed by atoms with Crippen molar-refractivity contribution in [2.45, 2.75) is 158 Å². The van der Waals surface area contributed by atoms with E-state index >= 15 is 0 Å². The molecule has 3 fully saturated rings. The van der Waals surface area contributed by atoms with Gasteiger partial charge in [0.1, 0.15) is 0 Å². The van der Waals surface area contributed by atoms with Crippen molar-refractivity contribution in [2.75, 3.05) is 7.18 Å². The van der Waals surface area contributed by atoms with E-state index in [4.69, 9.17) is 0 Å². The molecule has 2 nitrogen and oxygen atoms in total. The van der Waals surface area contributed by atoms with Crippen LogP contribution >= 0.6 is 0 Å². The molecule has 0 aromatic carbocycles. The predicted octanol–water partition coefficient (Wildman–Crippen LogP) is 9.68. The van der Waals surface area contributed by atoms with E-state index in [0.29, 0.717) is 7.18 Å². The molecule has 0 heterocycles. The van der Waals surface area contributed by atoms with Crippen LogP contribution in [0.5, 0.6) is 0 Å². The largest absolute Gasteiger partial charge is 0.412 e. The summed E-state index contributed by atoms with van der Waals surface area (Å²) >= 11 is 0. The van der Waals surface area contributed by atoms with Crippen LogP contribution in [-0.2, 0) is 0 Å². The molecule has 0 spiro atoms. The van der Waals surface area contributed by atoms with E-state index in [1.165, 1.54) is 109 Å². The second-order valence-electron chi connectivity index (χ2n) is 6.99. The first-order valence-electron chi connectivity index (χ1n) is 12.8. The molecule has 0 atom stereocenters. The van der Waals surface area contributed by atoms with Crippen LogP contribution in [0, 0.1) is 5.92 Å². The molecule has 196 valence electrons. The van der Waals surface area contributed by atoms with Gasteiger partial charge in [0.15, 0.2) is 0 Å². The minimum Gasteiger partial charge on any atom is -0.412 e. The monoisotopic (exact) mass is 449 g/mol. The molecule has 0 aromatic rings.